The highest BCUT2D eigenvalue weighted by atomic mass is 35.5. The van der Waals surface area contributed by atoms with Crippen molar-refractivity contribution in [1.29, 1.82) is 0 Å². The molecule has 2 aromatic carbocycles. The maximum atomic E-state index is 12.9. The molecule has 0 aromatic heterocycles. The van der Waals surface area contributed by atoms with E-state index in [4.69, 9.17) is 27.9 Å². The van der Waals surface area contributed by atoms with Crippen LogP contribution in [-0.2, 0) is 14.8 Å². The summed E-state index contributed by atoms with van der Waals surface area (Å²) in [6.07, 6.45) is 0. The number of morpholine rings is 1. The summed E-state index contributed by atoms with van der Waals surface area (Å²) in [6.45, 7) is 2.95. The molecule has 150 valence electrons. The van der Waals surface area contributed by atoms with Crippen molar-refractivity contribution in [2.45, 2.75) is 17.9 Å². The fourth-order valence-electron chi connectivity index (χ4n) is 2.95. The number of halogens is 2. The molecule has 0 saturated carbocycles. The zero-order valence-corrected chi connectivity index (χ0v) is 17.5. The van der Waals surface area contributed by atoms with Crippen molar-refractivity contribution in [2.75, 3.05) is 26.3 Å². The third-order valence-corrected chi connectivity index (χ3v) is 7.23. The average molecular weight is 443 g/mol. The van der Waals surface area contributed by atoms with Gasteiger partial charge >= 0.3 is 0 Å². The first-order chi connectivity index (χ1) is 13.3. The average Bonchev–Trinajstić information content (AvgIpc) is 2.69. The van der Waals surface area contributed by atoms with Crippen LogP contribution in [0.25, 0.3) is 0 Å². The van der Waals surface area contributed by atoms with Gasteiger partial charge in [-0.05, 0) is 36.8 Å². The fraction of sp³-hybridized carbons (Fsp3) is 0.316. The Hall–Kier alpha value is -1.64. The predicted molar refractivity (Wildman–Crippen MR) is 108 cm³/mol. The minimum atomic E-state index is -3.82. The Morgan fingerprint density at radius 3 is 2.46 bits per heavy atom. The highest BCUT2D eigenvalue weighted by Gasteiger charge is 2.29. The van der Waals surface area contributed by atoms with Crippen LogP contribution < -0.4 is 5.32 Å². The van der Waals surface area contributed by atoms with Crippen molar-refractivity contribution in [3.8, 4) is 0 Å². The first-order valence-electron chi connectivity index (χ1n) is 8.73. The maximum absolute atomic E-state index is 12.9. The number of sulfonamides is 1. The van der Waals surface area contributed by atoms with Crippen LogP contribution in [0.1, 0.15) is 28.9 Å². The molecular weight excluding hydrogens is 423 g/mol. The number of benzene rings is 2. The summed E-state index contributed by atoms with van der Waals surface area (Å²) in [6, 6.07) is 11.1. The van der Waals surface area contributed by atoms with Crippen LogP contribution >= 0.6 is 23.2 Å². The van der Waals surface area contributed by atoms with E-state index in [2.05, 4.69) is 5.32 Å². The van der Waals surface area contributed by atoms with Gasteiger partial charge in [0.1, 0.15) is 4.90 Å². The molecule has 28 heavy (non-hydrogen) atoms. The van der Waals surface area contributed by atoms with Crippen LogP contribution in [0.2, 0.25) is 10.0 Å². The van der Waals surface area contributed by atoms with Gasteiger partial charge in [0.25, 0.3) is 5.91 Å². The number of hydrogen-bond donors (Lipinski definition) is 1. The number of carbonyl (C=O) groups is 1. The zero-order chi connectivity index (χ0) is 20.3. The predicted octanol–water partition coefficient (Wildman–Crippen LogP) is 3.51. The first-order valence-corrected chi connectivity index (χ1v) is 10.9. The molecule has 0 radical (unpaired) electrons. The number of nitrogens with one attached hydrogen (secondary N) is 1. The highest BCUT2D eigenvalue weighted by molar-refractivity contribution is 7.89. The quantitative estimate of drug-likeness (QED) is 0.768. The molecule has 1 atom stereocenters. The van der Waals surface area contributed by atoms with Crippen molar-refractivity contribution in [2.24, 2.45) is 0 Å². The van der Waals surface area contributed by atoms with Crippen LogP contribution in [0.3, 0.4) is 0 Å². The summed E-state index contributed by atoms with van der Waals surface area (Å²) in [5.74, 6) is -0.414. The van der Waals surface area contributed by atoms with Crippen LogP contribution in [0.4, 0.5) is 0 Å². The van der Waals surface area contributed by atoms with Gasteiger partial charge in [-0.25, -0.2) is 8.42 Å². The van der Waals surface area contributed by atoms with E-state index >= 15 is 0 Å². The van der Waals surface area contributed by atoms with Gasteiger partial charge in [0.2, 0.25) is 10.0 Å². The number of nitrogens with zero attached hydrogens (tertiary/aromatic N) is 1. The number of ether oxygens (including phenoxy) is 1. The van der Waals surface area contributed by atoms with Crippen molar-refractivity contribution in [3.63, 3.8) is 0 Å². The van der Waals surface area contributed by atoms with Gasteiger partial charge in [0.15, 0.2) is 0 Å². The number of rotatable bonds is 5. The standard InChI is InChI=1S/C19H20Cl2N2O4S/c1-13(15-4-2-3-5-16(15)20)22-19(24)14-6-7-17(21)18(12-14)28(25,26)23-8-10-27-11-9-23/h2-7,12-13H,8-11H2,1H3,(H,22,24). The van der Waals surface area contributed by atoms with Gasteiger partial charge < -0.3 is 10.1 Å². The van der Waals surface area contributed by atoms with E-state index in [1.807, 2.05) is 18.2 Å². The summed E-state index contributed by atoms with van der Waals surface area (Å²) in [5.41, 5.74) is 0.975. The number of hydrogen-bond acceptors (Lipinski definition) is 4. The molecule has 0 bridgehead atoms. The Morgan fingerprint density at radius 1 is 1.11 bits per heavy atom. The lowest BCUT2D eigenvalue weighted by atomic mass is 10.1. The summed E-state index contributed by atoms with van der Waals surface area (Å²) in [7, 11) is -3.82. The largest absolute Gasteiger partial charge is 0.379 e. The lowest BCUT2D eigenvalue weighted by molar-refractivity contribution is 0.0730. The van der Waals surface area contributed by atoms with Crippen molar-refractivity contribution >= 4 is 39.1 Å². The summed E-state index contributed by atoms with van der Waals surface area (Å²) in [5, 5.41) is 3.45. The smallest absolute Gasteiger partial charge is 0.251 e. The lowest BCUT2D eigenvalue weighted by Crippen LogP contribution is -2.40. The van der Waals surface area contributed by atoms with Crippen molar-refractivity contribution in [1.82, 2.24) is 9.62 Å². The van der Waals surface area contributed by atoms with Gasteiger partial charge in [-0.15, -0.1) is 0 Å². The minimum absolute atomic E-state index is 0.0715. The lowest BCUT2D eigenvalue weighted by Gasteiger charge is -2.26. The van der Waals surface area contributed by atoms with Gasteiger partial charge in [-0.3, -0.25) is 4.79 Å². The Morgan fingerprint density at radius 2 is 1.79 bits per heavy atom. The van der Waals surface area contributed by atoms with Gasteiger partial charge in [0.05, 0.1) is 24.3 Å². The molecule has 1 aliphatic rings. The molecule has 1 N–H and O–H groups in total. The molecule has 9 heteroatoms. The van der Waals surface area contributed by atoms with Crippen LogP contribution in [0.5, 0.6) is 0 Å². The monoisotopic (exact) mass is 442 g/mol. The second kappa shape index (κ2) is 8.80. The van der Waals surface area contributed by atoms with Crippen molar-refractivity contribution < 1.29 is 17.9 Å². The van der Waals surface area contributed by atoms with E-state index in [1.54, 1.807) is 13.0 Å². The summed E-state index contributed by atoms with van der Waals surface area (Å²) < 4.78 is 32.3. The SMILES string of the molecule is CC(NC(=O)c1ccc(Cl)c(S(=O)(=O)N2CCOCC2)c1)c1ccccc1Cl. The molecule has 1 fully saturated rings. The Kier molecular flexibility index (Phi) is 6.62. The summed E-state index contributed by atoms with van der Waals surface area (Å²) in [4.78, 5) is 12.6. The molecule has 1 heterocycles. The van der Waals surface area contributed by atoms with Crippen LogP contribution in [0, 0.1) is 0 Å². The normalized spacial score (nSPS) is 16.5. The molecule has 6 nitrogen and oxygen atoms in total. The second-order valence-electron chi connectivity index (χ2n) is 6.38. The minimum Gasteiger partial charge on any atom is -0.379 e. The van der Waals surface area contributed by atoms with E-state index in [0.717, 1.165) is 5.56 Å². The van der Waals surface area contributed by atoms with E-state index in [0.29, 0.717) is 18.2 Å². The Bertz CT molecular complexity index is 976. The molecule has 0 aliphatic carbocycles. The van der Waals surface area contributed by atoms with Gasteiger partial charge in [-0.1, -0.05) is 41.4 Å². The third-order valence-electron chi connectivity index (χ3n) is 4.50. The van der Waals surface area contributed by atoms with E-state index in [9.17, 15) is 13.2 Å². The van der Waals surface area contributed by atoms with E-state index in [-0.39, 0.29) is 34.6 Å². The van der Waals surface area contributed by atoms with Crippen LogP contribution in [-0.4, -0.2) is 44.9 Å². The second-order valence-corrected chi connectivity index (χ2v) is 9.10. The fourth-order valence-corrected chi connectivity index (χ4v) is 5.16. The maximum Gasteiger partial charge on any atom is 0.251 e. The molecule has 1 amide bonds. The van der Waals surface area contributed by atoms with Gasteiger partial charge in [0, 0.05) is 23.7 Å². The van der Waals surface area contributed by atoms with E-state index < -0.39 is 15.9 Å². The molecule has 1 saturated heterocycles. The van der Waals surface area contributed by atoms with Gasteiger partial charge in [-0.2, -0.15) is 4.31 Å². The molecule has 0 spiro atoms. The Balaban J connectivity index is 1.84. The molecular formula is C19H20Cl2N2O4S. The number of amides is 1. The third kappa shape index (κ3) is 4.50. The molecule has 2 aromatic rings. The molecule has 3 rings (SSSR count). The van der Waals surface area contributed by atoms with Crippen molar-refractivity contribution in [3.05, 3.63) is 63.6 Å². The zero-order valence-electron chi connectivity index (χ0n) is 15.2. The van der Waals surface area contributed by atoms with E-state index in [1.165, 1.54) is 22.5 Å². The topological polar surface area (TPSA) is 75.7 Å². The highest BCUT2D eigenvalue weighted by Crippen LogP contribution is 2.27. The summed E-state index contributed by atoms with van der Waals surface area (Å²) >= 11 is 12.3. The molecule has 1 unspecified atom stereocenters. The van der Waals surface area contributed by atoms with Crippen LogP contribution in [0.15, 0.2) is 47.4 Å². The molecule has 1 aliphatic heterocycles. The number of carbonyl (C=O) groups excluding carboxylic acids is 1. The first kappa shape index (κ1) is 21.1. The Labute approximate surface area is 174 Å².